The standard InChI is InChI=1S/C43H41ClF4N6O6S/c1-25-28(8-10-33(38(25)44)57-20-18-53-16-14-52(2)15-17-53)36-37-35(22-49-39(36)30-7-9-31(45)29-12-19-58-40(29)30)61-51-41(37)60-34(42(55)56)21-26-5-3-4-6-32(26)59-23-27-11-13-50-54(27)24-43(46,47)48/h3-13,19,22,34,42,55-56H,14-18,20-21,23-24H2,1-2H3. The van der Waals surface area contributed by atoms with Gasteiger partial charge in [-0.2, -0.15) is 22.6 Å². The summed E-state index contributed by atoms with van der Waals surface area (Å²) in [7, 11) is 2.11. The lowest BCUT2D eigenvalue weighted by atomic mass is 9.92. The Hall–Kier alpha value is -5.30. The fourth-order valence-corrected chi connectivity index (χ4v) is 8.31. The van der Waals surface area contributed by atoms with Crippen molar-refractivity contribution in [2.75, 3.05) is 46.4 Å². The molecular weight excluding hydrogens is 840 g/mol. The molecule has 1 aliphatic rings. The van der Waals surface area contributed by atoms with Crippen molar-refractivity contribution in [1.82, 2.24) is 28.9 Å². The molecule has 0 bridgehead atoms. The first kappa shape index (κ1) is 42.4. The molecule has 4 aromatic heterocycles. The topological polar surface area (TPSA) is 131 Å². The summed E-state index contributed by atoms with van der Waals surface area (Å²) in [5, 5.41) is 26.4. The number of fused-ring (bicyclic) bond motifs is 2. The molecule has 1 atom stereocenters. The molecule has 320 valence electrons. The van der Waals surface area contributed by atoms with Gasteiger partial charge < -0.3 is 33.7 Å². The maximum atomic E-state index is 15.0. The van der Waals surface area contributed by atoms with Crippen LogP contribution >= 0.6 is 23.1 Å². The van der Waals surface area contributed by atoms with Crippen LogP contribution in [0, 0.1) is 12.7 Å². The van der Waals surface area contributed by atoms with Crippen molar-refractivity contribution in [3.8, 4) is 39.8 Å². The van der Waals surface area contributed by atoms with E-state index in [0.29, 0.717) is 66.7 Å². The average molecular weight is 881 g/mol. The van der Waals surface area contributed by atoms with Gasteiger partial charge in [-0.1, -0.05) is 35.9 Å². The minimum Gasteiger partial charge on any atom is -0.491 e. The minimum atomic E-state index is -4.48. The van der Waals surface area contributed by atoms with E-state index in [1.807, 2.05) is 13.0 Å². The zero-order valence-electron chi connectivity index (χ0n) is 33.0. The van der Waals surface area contributed by atoms with Gasteiger partial charge in [-0.25, -0.2) is 4.39 Å². The summed E-state index contributed by atoms with van der Waals surface area (Å²) < 4.78 is 84.8. The number of likely N-dealkylation sites (N-methyl/N-ethyl adjacent to an activating group) is 1. The first-order chi connectivity index (χ1) is 29.3. The molecule has 1 aliphatic heterocycles. The largest absolute Gasteiger partial charge is 0.491 e. The van der Waals surface area contributed by atoms with E-state index < -0.39 is 30.9 Å². The van der Waals surface area contributed by atoms with Crippen molar-refractivity contribution in [3.63, 3.8) is 0 Å². The van der Waals surface area contributed by atoms with Gasteiger partial charge in [0.05, 0.1) is 38.1 Å². The third-order valence-electron chi connectivity index (χ3n) is 10.7. The van der Waals surface area contributed by atoms with Gasteiger partial charge in [0.2, 0.25) is 5.88 Å². The Morgan fingerprint density at radius 3 is 2.54 bits per heavy atom. The summed E-state index contributed by atoms with van der Waals surface area (Å²) in [6.45, 7) is 5.40. The molecule has 1 unspecified atom stereocenters. The molecule has 0 amide bonds. The predicted octanol–water partition coefficient (Wildman–Crippen LogP) is 8.14. The molecule has 8 rings (SSSR count). The van der Waals surface area contributed by atoms with E-state index in [4.69, 9.17) is 35.2 Å². The number of hydrogen-bond donors (Lipinski definition) is 2. The van der Waals surface area contributed by atoms with Crippen LogP contribution < -0.4 is 14.2 Å². The lowest BCUT2D eigenvalue weighted by molar-refractivity contribution is -0.143. The van der Waals surface area contributed by atoms with E-state index in [0.717, 1.165) is 48.9 Å². The molecule has 0 saturated carbocycles. The van der Waals surface area contributed by atoms with Crippen LogP contribution in [0.3, 0.4) is 0 Å². The number of pyridine rings is 1. The van der Waals surface area contributed by atoms with Crippen LogP contribution in [0.5, 0.6) is 17.4 Å². The number of rotatable bonds is 15. The highest BCUT2D eigenvalue weighted by molar-refractivity contribution is 7.13. The van der Waals surface area contributed by atoms with Crippen molar-refractivity contribution in [1.29, 1.82) is 0 Å². The summed E-state index contributed by atoms with van der Waals surface area (Å²) >= 11 is 8.15. The van der Waals surface area contributed by atoms with Gasteiger partial charge in [0, 0.05) is 62.7 Å². The molecule has 0 aliphatic carbocycles. The molecule has 3 aromatic carbocycles. The molecule has 2 N–H and O–H groups in total. The van der Waals surface area contributed by atoms with Crippen LogP contribution in [-0.4, -0.2) is 104 Å². The number of benzene rings is 3. The first-order valence-corrected chi connectivity index (χ1v) is 20.6. The number of piperazine rings is 1. The first-order valence-electron chi connectivity index (χ1n) is 19.4. The van der Waals surface area contributed by atoms with Crippen LogP contribution in [0.15, 0.2) is 83.7 Å². The van der Waals surface area contributed by atoms with Crippen molar-refractivity contribution < 1.29 is 46.4 Å². The normalized spacial score (nSPS) is 14.7. The summed E-state index contributed by atoms with van der Waals surface area (Å²) in [6.07, 6.45) is -3.62. The summed E-state index contributed by atoms with van der Waals surface area (Å²) in [5.41, 5.74) is 3.68. The molecule has 5 heterocycles. The quantitative estimate of drug-likeness (QED) is 0.0765. The Morgan fingerprint density at radius 2 is 1.75 bits per heavy atom. The van der Waals surface area contributed by atoms with Crippen LogP contribution in [0.25, 0.3) is 43.4 Å². The Bertz CT molecular complexity index is 2640. The SMILES string of the molecule is Cc1c(-c2c(-c3ccc(F)c4ccoc34)ncc3snc(OC(Cc4ccccc4OCc4ccnn4CC(F)(F)F)C(O)O)c23)ccc(OCCN2CCN(C)CC2)c1Cl. The molecule has 1 saturated heterocycles. The van der Waals surface area contributed by atoms with Crippen LogP contribution in [-0.2, 0) is 19.6 Å². The number of alkyl halides is 3. The van der Waals surface area contributed by atoms with Gasteiger partial charge >= 0.3 is 6.18 Å². The molecule has 18 heteroatoms. The molecule has 0 radical (unpaired) electrons. The van der Waals surface area contributed by atoms with Crippen molar-refractivity contribution >= 4 is 44.2 Å². The van der Waals surface area contributed by atoms with E-state index >= 15 is 0 Å². The van der Waals surface area contributed by atoms with Gasteiger partial charge in [-0.05, 0) is 78.6 Å². The van der Waals surface area contributed by atoms with Crippen molar-refractivity contribution in [3.05, 3.63) is 107 Å². The number of nitrogens with zero attached hydrogens (tertiary/aromatic N) is 6. The second kappa shape index (κ2) is 18.0. The number of aromatic nitrogens is 4. The average Bonchev–Trinajstić information content (AvgIpc) is 4.00. The Labute approximate surface area is 356 Å². The van der Waals surface area contributed by atoms with Crippen molar-refractivity contribution in [2.45, 2.75) is 45.1 Å². The van der Waals surface area contributed by atoms with Crippen LogP contribution in [0.1, 0.15) is 16.8 Å². The second-order valence-electron chi connectivity index (χ2n) is 14.8. The molecule has 61 heavy (non-hydrogen) atoms. The summed E-state index contributed by atoms with van der Waals surface area (Å²) in [6, 6.07) is 16.3. The van der Waals surface area contributed by atoms with E-state index in [2.05, 4.69) is 26.3 Å². The van der Waals surface area contributed by atoms with Gasteiger partial charge in [0.15, 0.2) is 12.4 Å². The summed E-state index contributed by atoms with van der Waals surface area (Å²) in [5.74, 6) is 0.390. The van der Waals surface area contributed by atoms with E-state index in [1.165, 1.54) is 30.7 Å². The number of aliphatic hydroxyl groups excluding tert-OH is 1. The van der Waals surface area contributed by atoms with E-state index in [-0.39, 0.29) is 35.6 Å². The number of halogens is 5. The predicted molar refractivity (Wildman–Crippen MR) is 223 cm³/mol. The Kier molecular flexibility index (Phi) is 12.5. The highest BCUT2D eigenvalue weighted by Gasteiger charge is 2.31. The fraction of sp³-hybridized carbons (Fsp3) is 0.326. The van der Waals surface area contributed by atoms with Gasteiger partial charge in [-0.3, -0.25) is 14.6 Å². The molecule has 12 nitrogen and oxygen atoms in total. The maximum Gasteiger partial charge on any atom is 0.408 e. The zero-order chi connectivity index (χ0) is 42.8. The second-order valence-corrected chi connectivity index (χ2v) is 16.0. The third kappa shape index (κ3) is 9.32. The lowest BCUT2D eigenvalue weighted by Gasteiger charge is -2.32. The molecular formula is C43H41ClF4N6O6S. The van der Waals surface area contributed by atoms with E-state index in [9.17, 15) is 27.8 Å². The lowest BCUT2D eigenvalue weighted by Crippen LogP contribution is -2.45. The number of furan rings is 1. The fourth-order valence-electron chi connectivity index (χ4n) is 7.40. The highest BCUT2D eigenvalue weighted by Crippen LogP contribution is 2.47. The Balaban J connectivity index is 1.14. The maximum absolute atomic E-state index is 15.0. The highest BCUT2D eigenvalue weighted by atomic mass is 35.5. The number of para-hydroxylation sites is 1. The summed E-state index contributed by atoms with van der Waals surface area (Å²) in [4.78, 5) is 9.49. The number of aliphatic hydroxyl groups is 2. The molecule has 7 aromatic rings. The zero-order valence-corrected chi connectivity index (χ0v) is 34.6. The number of hydrogen-bond acceptors (Lipinski definition) is 12. The van der Waals surface area contributed by atoms with Crippen LogP contribution in [0.4, 0.5) is 17.6 Å². The Morgan fingerprint density at radius 1 is 0.967 bits per heavy atom. The third-order valence-corrected chi connectivity index (χ3v) is 11.9. The van der Waals surface area contributed by atoms with E-state index in [1.54, 1.807) is 42.6 Å². The monoisotopic (exact) mass is 880 g/mol. The molecule has 1 fully saturated rings. The van der Waals surface area contributed by atoms with Crippen molar-refractivity contribution in [2.24, 2.45) is 0 Å². The van der Waals surface area contributed by atoms with Crippen LogP contribution in [0.2, 0.25) is 5.02 Å². The number of ether oxygens (including phenoxy) is 3. The van der Waals surface area contributed by atoms with Gasteiger partial charge in [0.25, 0.3) is 0 Å². The van der Waals surface area contributed by atoms with Gasteiger partial charge in [0.1, 0.15) is 42.7 Å². The smallest absolute Gasteiger partial charge is 0.408 e. The minimum absolute atomic E-state index is 0.0621. The molecule has 0 spiro atoms. The van der Waals surface area contributed by atoms with Gasteiger partial charge in [-0.15, -0.1) is 0 Å².